The Morgan fingerprint density at radius 3 is 2.11 bits per heavy atom. The average Bonchev–Trinajstić information content (AvgIpc) is 2.55. The van der Waals surface area contributed by atoms with Crippen molar-refractivity contribution in [3.8, 4) is 0 Å². The minimum Gasteiger partial charge on any atom is -0.376 e. The SMILES string of the molecule is CCC(N)C(OCC1CCCCCC1)C(C)(C)C. The second kappa shape index (κ2) is 7.49. The van der Waals surface area contributed by atoms with Crippen LogP contribution in [0, 0.1) is 11.3 Å². The zero-order chi connectivity index (χ0) is 13.6. The summed E-state index contributed by atoms with van der Waals surface area (Å²) in [7, 11) is 0. The van der Waals surface area contributed by atoms with Gasteiger partial charge in [0, 0.05) is 12.6 Å². The summed E-state index contributed by atoms with van der Waals surface area (Å²) < 4.78 is 6.23. The van der Waals surface area contributed by atoms with Gasteiger partial charge in [0.2, 0.25) is 0 Å². The molecule has 1 fully saturated rings. The Kier molecular flexibility index (Phi) is 6.65. The van der Waals surface area contributed by atoms with Gasteiger partial charge in [-0.05, 0) is 30.6 Å². The molecule has 0 radical (unpaired) electrons. The standard InChI is InChI=1S/C16H33NO/c1-5-14(17)15(16(2,3)4)18-12-13-10-8-6-7-9-11-13/h13-15H,5-12,17H2,1-4H3. The van der Waals surface area contributed by atoms with Gasteiger partial charge in [-0.2, -0.15) is 0 Å². The van der Waals surface area contributed by atoms with Crippen molar-refractivity contribution >= 4 is 0 Å². The monoisotopic (exact) mass is 255 g/mol. The lowest BCUT2D eigenvalue weighted by Crippen LogP contribution is -2.45. The van der Waals surface area contributed by atoms with Crippen molar-refractivity contribution in [2.75, 3.05) is 6.61 Å². The summed E-state index contributed by atoms with van der Waals surface area (Å²) in [6, 6.07) is 0.163. The first-order chi connectivity index (χ1) is 8.45. The molecule has 108 valence electrons. The van der Waals surface area contributed by atoms with Crippen molar-refractivity contribution in [3.63, 3.8) is 0 Å². The first-order valence-electron chi connectivity index (χ1n) is 7.82. The van der Waals surface area contributed by atoms with E-state index in [4.69, 9.17) is 10.5 Å². The van der Waals surface area contributed by atoms with Crippen LogP contribution in [-0.4, -0.2) is 18.8 Å². The molecular formula is C16H33NO. The predicted molar refractivity (Wildman–Crippen MR) is 78.7 cm³/mol. The lowest BCUT2D eigenvalue weighted by atomic mass is 9.84. The van der Waals surface area contributed by atoms with Crippen molar-refractivity contribution in [1.82, 2.24) is 0 Å². The molecule has 0 aliphatic heterocycles. The van der Waals surface area contributed by atoms with Crippen LogP contribution < -0.4 is 5.73 Å². The highest BCUT2D eigenvalue weighted by atomic mass is 16.5. The van der Waals surface area contributed by atoms with Crippen molar-refractivity contribution < 1.29 is 4.74 Å². The molecule has 1 saturated carbocycles. The van der Waals surface area contributed by atoms with Gasteiger partial charge < -0.3 is 10.5 Å². The second-order valence-electron chi connectivity index (χ2n) is 7.05. The molecule has 0 aromatic heterocycles. The highest BCUT2D eigenvalue weighted by Crippen LogP contribution is 2.28. The fourth-order valence-electron chi connectivity index (χ4n) is 3.00. The smallest absolute Gasteiger partial charge is 0.0774 e. The van der Waals surface area contributed by atoms with Crippen LogP contribution in [0.25, 0.3) is 0 Å². The molecule has 2 nitrogen and oxygen atoms in total. The van der Waals surface area contributed by atoms with Gasteiger partial charge in [0.05, 0.1) is 6.10 Å². The van der Waals surface area contributed by atoms with Gasteiger partial charge in [-0.15, -0.1) is 0 Å². The predicted octanol–water partition coefficient (Wildman–Crippen LogP) is 4.13. The molecule has 0 aromatic rings. The number of ether oxygens (including phenoxy) is 1. The van der Waals surface area contributed by atoms with Crippen LogP contribution in [-0.2, 0) is 4.74 Å². The fraction of sp³-hybridized carbons (Fsp3) is 1.00. The highest BCUT2D eigenvalue weighted by Gasteiger charge is 2.30. The van der Waals surface area contributed by atoms with Crippen molar-refractivity contribution in [1.29, 1.82) is 0 Å². The maximum absolute atomic E-state index is 6.23. The Morgan fingerprint density at radius 1 is 1.11 bits per heavy atom. The molecule has 2 N–H and O–H groups in total. The Morgan fingerprint density at radius 2 is 1.67 bits per heavy atom. The van der Waals surface area contributed by atoms with E-state index in [0.717, 1.165) is 18.9 Å². The van der Waals surface area contributed by atoms with E-state index in [-0.39, 0.29) is 17.6 Å². The molecule has 0 aromatic carbocycles. The quantitative estimate of drug-likeness (QED) is 0.750. The lowest BCUT2D eigenvalue weighted by Gasteiger charge is -2.35. The summed E-state index contributed by atoms with van der Waals surface area (Å²) in [5.41, 5.74) is 6.36. The molecular weight excluding hydrogens is 222 g/mol. The third-order valence-corrected chi connectivity index (χ3v) is 4.20. The molecule has 0 heterocycles. The molecule has 2 atom stereocenters. The average molecular weight is 255 g/mol. The van der Waals surface area contributed by atoms with E-state index in [1.807, 2.05) is 0 Å². The molecule has 0 amide bonds. The van der Waals surface area contributed by atoms with Gasteiger partial charge in [-0.1, -0.05) is 53.4 Å². The molecule has 18 heavy (non-hydrogen) atoms. The Hall–Kier alpha value is -0.0800. The van der Waals surface area contributed by atoms with Crippen molar-refractivity contribution in [2.45, 2.75) is 84.8 Å². The van der Waals surface area contributed by atoms with E-state index in [2.05, 4.69) is 27.7 Å². The summed E-state index contributed by atoms with van der Waals surface area (Å²) >= 11 is 0. The van der Waals surface area contributed by atoms with Crippen molar-refractivity contribution in [2.24, 2.45) is 17.1 Å². The zero-order valence-electron chi connectivity index (χ0n) is 12.9. The van der Waals surface area contributed by atoms with E-state index in [0.29, 0.717) is 0 Å². The number of rotatable bonds is 5. The van der Waals surface area contributed by atoms with E-state index in [1.54, 1.807) is 0 Å². The molecule has 1 aliphatic carbocycles. The van der Waals surface area contributed by atoms with Gasteiger partial charge in [0.25, 0.3) is 0 Å². The summed E-state index contributed by atoms with van der Waals surface area (Å²) in [6.45, 7) is 9.77. The molecule has 1 aliphatic rings. The lowest BCUT2D eigenvalue weighted by molar-refractivity contribution is -0.0500. The van der Waals surface area contributed by atoms with E-state index in [9.17, 15) is 0 Å². The largest absolute Gasteiger partial charge is 0.376 e. The molecule has 2 heteroatoms. The van der Waals surface area contributed by atoms with E-state index in [1.165, 1.54) is 38.5 Å². The van der Waals surface area contributed by atoms with Gasteiger partial charge in [0.15, 0.2) is 0 Å². The van der Waals surface area contributed by atoms with Crippen LogP contribution in [0.1, 0.15) is 72.6 Å². The maximum Gasteiger partial charge on any atom is 0.0774 e. The summed E-state index contributed by atoms with van der Waals surface area (Å²) in [4.78, 5) is 0. The second-order valence-corrected chi connectivity index (χ2v) is 7.05. The Labute approximate surface area is 114 Å². The van der Waals surface area contributed by atoms with E-state index < -0.39 is 0 Å². The minimum absolute atomic E-state index is 0.139. The zero-order valence-corrected chi connectivity index (χ0v) is 12.9. The maximum atomic E-state index is 6.23. The Bertz CT molecular complexity index is 214. The molecule has 0 spiro atoms. The summed E-state index contributed by atoms with van der Waals surface area (Å²) in [5, 5.41) is 0. The van der Waals surface area contributed by atoms with Crippen LogP contribution in [0.3, 0.4) is 0 Å². The summed E-state index contributed by atoms with van der Waals surface area (Å²) in [6.07, 6.45) is 9.46. The van der Waals surface area contributed by atoms with Gasteiger partial charge in [-0.3, -0.25) is 0 Å². The van der Waals surface area contributed by atoms with Gasteiger partial charge in [0.1, 0.15) is 0 Å². The topological polar surface area (TPSA) is 35.2 Å². The summed E-state index contributed by atoms with van der Waals surface area (Å²) in [5.74, 6) is 0.765. The molecule has 2 unspecified atom stereocenters. The van der Waals surface area contributed by atoms with E-state index >= 15 is 0 Å². The number of hydrogen-bond acceptors (Lipinski definition) is 2. The van der Waals surface area contributed by atoms with Crippen molar-refractivity contribution in [3.05, 3.63) is 0 Å². The molecule has 0 bridgehead atoms. The van der Waals surface area contributed by atoms with Crippen LogP contribution in [0.15, 0.2) is 0 Å². The number of hydrogen-bond donors (Lipinski definition) is 1. The van der Waals surface area contributed by atoms with Gasteiger partial charge >= 0.3 is 0 Å². The highest BCUT2D eigenvalue weighted by molar-refractivity contribution is 4.83. The minimum atomic E-state index is 0.139. The van der Waals surface area contributed by atoms with Crippen LogP contribution in [0.4, 0.5) is 0 Å². The third-order valence-electron chi connectivity index (χ3n) is 4.20. The molecule has 1 rings (SSSR count). The Balaban J connectivity index is 2.45. The van der Waals surface area contributed by atoms with Crippen LogP contribution in [0.2, 0.25) is 0 Å². The normalized spacial score (nSPS) is 22.5. The van der Waals surface area contributed by atoms with Gasteiger partial charge in [-0.25, -0.2) is 0 Å². The van der Waals surface area contributed by atoms with Crippen LogP contribution >= 0.6 is 0 Å². The third kappa shape index (κ3) is 5.27. The molecule has 0 saturated heterocycles. The first-order valence-corrected chi connectivity index (χ1v) is 7.82. The van der Waals surface area contributed by atoms with Crippen LogP contribution in [0.5, 0.6) is 0 Å². The fourth-order valence-corrected chi connectivity index (χ4v) is 3.00. The number of nitrogens with two attached hydrogens (primary N) is 1. The first kappa shape index (κ1) is 16.0.